The molecule has 0 unspecified atom stereocenters. The quantitative estimate of drug-likeness (QED) is 0.170. The van der Waals surface area contributed by atoms with Gasteiger partial charge in [0.05, 0.1) is 0 Å². The minimum absolute atomic E-state index is 0.881. The first kappa shape index (κ1) is 26.7. The van der Waals surface area contributed by atoms with Crippen LogP contribution < -0.4 is 0 Å². The molecule has 176 valence electrons. The Morgan fingerprint density at radius 3 is 1.06 bits per heavy atom. The van der Waals surface area contributed by atoms with E-state index in [1.807, 2.05) is 36.4 Å². The molecule has 0 radical (unpaired) electrons. The highest BCUT2D eigenvalue weighted by Crippen LogP contribution is 2.18. The number of rotatable bonds is 0. The molecule has 4 aromatic carbocycles. The van der Waals surface area contributed by atoms with Crippen molar-refractivity contribution < 1.29 is 0 Å². The maximum absolute atomic E-state index is 5.32. The van der Waals surface area contributed by atoms with Crippen molar-refractivity contribution >= 4 is 37.7 Å². The van der Waals surface area contributed by atoms with Crippen LogP contribution in [0.25, 0.3) is 21.5 Å². The molecule has 4 aromatic rings. The van der Waals surface area contributed by atoms with Crippen LogP contribution in [0.15, 0.2) is 72.8 Å². The Morgan fingerprint density at radius 1 is 0.444 bits per heavy atom. The third-order valence-corrected chi connectivity index (χ3v) is 6.93. The van der Waals surface area contributed by atoms with Gasteiger partial charge in [0.15, 0.2) is 0 Å². The summed E-state index contributed by atoms with van der Waals surface area (Å²) in [6.07, 6.45) is 10.6. The fourth-order valence-corrected chi connectivity index (χ4v) is 4.39. The number of fused-ring (bicyclic) bond motifs is 2. The Bertz CT molecular complexity index is 1510. The van der Waals surface area contributed by atoms with Gasteiger partial charge in [0.1, 0.15) is 16.1 Å². The maximum Gasteiger partial charge on any atom is 0.129 e. The van der Waals surface area contributed by atoms with Crippen LogP contribution >= 0.6 is 0 Å². The summed E-state index contributed by atoms with van der Waals surface area (Å²) in [5.41, 5.74) is 10.8. The second-order valence-electron chi connectivity index (χ2n) is 10.8. The van der Waals surface area contributed by atoms with E-state index in [9.17, 15) is 0 Å². The van der Waals surface area contributed by atoms with Crippen LogP contribution in [-0.4, -0.2) is 16.1 Å². The SMILES string of the molecule is C#Cc1ccc2ccc(C#C)cc2c1.C[Si](C)(C)C#Cc1ccc2ccc(C#C[Si](C)(C)C)cc2c1. The van der Waals surface area contributed by atoms with E-state index in [0.717, 1.165) is 33.0 Å². The van der Waals surface area contributed by atoms with Crippen LogP contribution in [0.1, 0.15) is 22.3 Å². The summed E-state index contributed by atoms with van der Waals surface area (Å²) >= 11 is 0. The topological polar surface area (TPSA) is 0 Å². The molecule has 2 heteroatoms. The Hall–Kier alpha value is -3.93. The maximum atomic E-state index is 5.32. The van der Waals surface area contributed by atoms with E-state index < -0.39 is 16.1 Å². The molecule has 0 saturated heterocycles. The van der Waals surface area contributed by atoms with E-state index in [-0.39, 0.29) is 0 Å². The van der Waals surface area contributed by atoms with Gasteiger partial charge in [0.2, 0.25) is 0 Å². The molecule has 0 heterocycles. The van der Waals surface area contributed by atoms with Crippen LogP contribution in [0.3, 0.4) is 0 Å². The number of terminal acetylenes is 2. The van der Waals surface area contributed by atoms with Gasteiger partial charge < -0.3 is 0 Å². The molecule has 0 amide bonds. The molecule has 0 bridgehead atoms. The molecule has 36 heavy (non-hydrogen) atoms. The summed E-state index contributed by atoms with van der Waals surface area (Å²) in [6, 6.07) is 24.7. The highest BCUT2D eigenvalue weighted by molar-refractivity contribution is 6.84. The highest BCUT2D eigenvalue weighted by atomic mass is 28.3. The number of benzene rings is 4. The van der Waals surface area contributed by atoms with E-state index in [0.29, 0.717) is 0 Å². The zero-order valence-corrected chi connectivity index (χ0v) is 24.1. The fourth-order valence-electron chi connectivity index (χ4n) is 3.35. The first-order valence-electron chi connectivity index (χ1n) is 12.0. The second kappa shape index (κ2) is 11.2. The summed E-state index contributed by atoms with van der Waals surface area (Å²) < 4.78 is 0. The van der Waals surface area contributed by atoms with Crippen LogP contribution in [-0.2, 0) is 0 Å². The molecular formula is C34H32Si2. The smallest absolute Gasteiger partial charge is 0.127 e. The van der Waals surface area contributed by atoms with Gasteiger partial charge in [-0.15, -0.1) is 23.9 Å². The lowest BCUT2D eigenvalue weighted by Gasteiger charge is -2.05. The van der Waals surface area contributed by atoms with Gasteiger partial charge >= 0.3 is 0 Å². The first-order chi connectivity index (χ1) is 17.0. The molecule has 0 fully saturated rings. The standard InChI is InChI=1S/C20H24Si2.C14H8/c1-21(2,3)13-11-17-7-9-19-10-8-18(16-20(19)15-17)12-14-22(4,5)6;1-3-11-5-7-13-8-6-12(4-2)10-14(13)9-11/h7-10,15-16H,1-6H3;1-2,5-10H. The predicted octanol–water partition coefficient (Wildman–Crippen LogP) is 8.10. The van der Waals surface area contributed by atoms with E-state index in [4.69, 9.17) is 12.8 Å². The van der Waals surface area contributed by atoms with Crippen molar-refractivity contribution in [1.82, 2.24) is 0 Å². The second-order valence-corrected chi connectivity index (χ2v) is 20.3. The molecule has 0 nitrogen and oxygen atoms in total. The Morgan fingerprint density at radius 2 is 0.750 bits per heavy atom. The molecule has 0 aliphatic heterocycles. The number of hydrogen-bond donors (Lipinski definition) is 0. The zero-order valence-electron chi connectivity index (χ0n) is 22.1. The van der Waals surface area contributed by atoms with Crippen molar-refractivity contribution in [3.8, 4) is 47.6 Å². The molecule has 0 aromatic heterocycles. The van der Waals surface area contributed by atoms with Crippen LogP contribution in [0.4, 0.5) is 0 Å². The summed E-state index contributed by atoms with van der Waals surface area (Å²) in [7, 11) is -2.66. The molecule has 0 atom stereocenters. The van der Waals surface area contributed by atoms with Crippen LogP contribution in [0.2, 0.25) is 39.3 Å². The monoisotopic (exact) mass is 496 g/mol. The van der Waals surface area contributed by atoms with Gasteiger partial charge in [-0.2, -0.15) is 0 Å². The van der Waals surface area contributed by atoms with E-state index in [1.54, 1.807) is 0 Å². The van der Waals surface area contributed by atoms with Crippen LogP contribution in [0.5, 0.6) is 0 Å². The molecule has 0 N–H and O–H groups in total. The first-order valence-corrected chi connectivity index (χ1v) is 19.0. The van der Waals surface area contributed by atoms with Crippen molar-refractivity contribution in [3.05, 3.63) is 95.1 Å². The van der Waals surface area contributed by atoms with Gasteiger partial charge in [0, 0.05) is 22.3 Å². The van der Waals surface area contributed by atoms with Crippen LogP contribution in [0, 0.1) is 47.6 Å². The Balaban J connectivity index is 0.000000221. The van der Waals surface area contributed by atoms with Gasteiger partial charge in [-0.25, -0.2) is 0 Å². The van der Waals surface area contributed by atoms with E-state index in [2.05, 4.69) is 110 Å². The molecule has 0 spiro atoms. The largest absolute Gasteiger partial charge is 0.129 e. The predicted molar refractivity (Wildman–Crippen MR) is 164 cm³/mol. The van der Waals surface area contributed by atoms with Gasteiger partial charge in [-0.1, -0.05) is 87.2 Å². The Kier molecular flexibility index (Phi) is 8.31. The minimum atomic E-state index is -1.33. The lowest BCUT2D eigenvalue weighted by atomic mass is 10.0. The molecule has 0 aliphatic rings. The number of hydrogen-bond acceptors (Lipinski definition) is 0. The van der Waals surface area contributed by atoms with Crippen molar-refractivity contribution in [1.29, 1.82) is 0 Å². The summed E-state index contributed by atoms with van der Waals surface area (Å²) in [4.78, 5) is 0. The lowest BCUT2D eigenvalue weighted by molar-refractivity contribution is 1.66. The van der Waals surface area contributed by atoms with Crippen molar-refractivity contribution in [2.24, 2.45) is 0 Å². The molecule has 0 saturated carbocycles. The zero-order chi connectivity index (χ0) is 26.3. The summed E-state index contributed by atoms with van der Waals surface area (Å²) in [6.45, 7) is 13.6. The highest BCUT2D eigenvalue weighted by Gasteiger charge is 2.08. The molecule has 0 aliphatic carbocycles. The normalized spacial score (nSPS) is 10.6. The summed E-state index contributed by atoms with van der Waals surface area (Å²) in [5.74, 6) is 11.9. The fraction of sp³-hybridized carbons (Fsp3) is 0.176. The van der Waals surface area contributed by atoms with Crippen molar-refractivity contribution in [2.75, 3.05) is 0 Å². The summed E-state index contributed by atoms with van der Waals surface area (Å²) in [5, 5.41) is 4.72. The molecule has 4 rings (SSSR count). The third kappa shape index (κ3) is 8.08. The minimum Gasteiger partial charge on any atom is -0.127 e. The van der Waals surface area contributed by atoms with E-state index >= 15 is 0 Å². The van der Waals surface area contributed by atoms with Gasteiger partial charge in [-0.3, -0.25) is 0 Å². The van der Waals surface area contributed by atoms with Gasteiger partial charge in [-0.05, 0) is 70.1 Å². The lowest BCUT2D eigenvalue weighted by Crippen LogP contribution is -2.16. The average molecular weight is 497 g/mol. The third-order valence-electron chi connectivity index (χ3n) is 5.18. The van der Waals surface area contributed by atoms with Crippen molar-refractivity contribution in [3.63, 3.8) is 0 Å². The molecular weight excluding hydrogens is 465 g/mol. The van der Waals surface area contributed by atoms with Gasteiger partial charge in [0.25, 0.3) is 0 Å². The van der Waals surface area contributed by atoms with Crippen molar-refractivity contribution in [2.45, 2.75) is 39.3 Å². The average Bonchev–Trinajstić information content (AvgIpc) is 2.84. The van der Waals surface area contributed by atoms with E-state index in [1.165, 1.54) is 10.8 Å². The Labute approximate surface area is 219 Å².